The third kappa shape index (κ3) is 4.63. The summed E-state index contributed by atoms with van der Waals surface area (Å²) in [5.74, 6) is -0.105. The lowest BCUT2D eigenvalue weighted by molar-refractivity contribution is -0.128. The van der Waals surface area contributed by atoms with Gasteiger partial charge in [0.2, 0.25) is 0 Å². The quantitative estimate of drug-likeness (QED) is 0.832. The fourth-order valence-electron chi connectivity index (χ4n) is 2.42. The molecule has 6 nitrogen and oxygen atoms in total. The maximum Gasteiger partial charge on any atom is 0.254 e. The van der Waals surface area contributed by atoms with Gasteiger partial charge in [-0.05, 0) is 40.0 Å². The van der Waals surface area contributed by atoms with Gasteiger partial charge in [0.25, 0.3) is 5.91 Å². The highest BCUT2D eigenvalue weighted by Gasteiger charge is 2.21. The molecule has 2 aromatic rings. The van der Waals surface area contributed by atoms with Gasteiger partial charge in [-0.25, -0.2) is 0 Å². The van der Waals surface area contributed by atoms with Gasteiger partial charge in [-0.2, -0.15) is 5.10 Å². The number of halogens is 1. The van der Waals surface area contributed by atoms with Gasteiger partial charge in [0, 0.05) is 31.5 Å². The number of carbonyl (C=O) groups is 1. The number of aryl methyl sites for hydroxylation is 2. The molecule has 1 aromatic carbocycles. The molecule has 1 aliphatic heterocycles. The maximum atomic E-state index is 12.1. The van der Waals surface area contributed by atoms with Crippen LogP contribution in [0.15, 0.2) is 41.1 Å². The summed E-state index contributed by atoms with van der Waals surface area (Å²) in [7, 11) is 0. The summed E-state index contributed by atoms with van der Waals surface area (Å²) >= 11 is 3.39. The van der Waals surface area contributed by atoms with Gasteiger partial charge in [0.15, 0.2) is 0 Å². The van der Waals surface area contributed by atoms with Gasteiger partial charge in [-0.3, -0.25) is 9.48 Å². The van der Waals surface area contributed by atoms with E-state index >= 15 is 0 Å². The van der Waals surface area contributed by atoms with E-state index in [-0.39, 0.29) is 5.91 Å². The molecule has 122 valence electrons. The lowest BCUT2D eigenvalue weighted by Crippen LogP contribution is -2.45. The molecule has 1 amide bonds. The third-order valence-electron chi connectivity index (χ3n) is 3.67. The molecule has 1 unspecified atom stereocenters. The Morgan fingerprint density at radius 3 is 2.91 bits per heavy atom. The van der Waals surface area contributed by atoms with Crippen molar-refractivity contribution in [2.24, 2.45) is 0 Å². The van der Waals surface area contributed by atoms with Gasteiger partial charge in [-0.1, -0.05) is 12.1 Å². The Kier molecular flexibility index (Phi) is 5.43. The predicted molar refractivity (Wildman–Crippen MR) is 91.3 cm³/mol. The van der Waals surface area contributed by atoms with Crippen LogP contribution in [-0.4, -0.2) is 41.5 Å². The van der Waals surface area contributed by atoms with Crippen LogP contribution in [0.25, 0.3) is 0 Å². The van der Waals surface area contributed by atoms with Crippen molar-refractivity contribution >= 4 is 27.5 Å². The summed E-state index contributed by atoms with van der Waals surface area (Å²) in [5, 5.41) is 10.3. The van der Waals surface area contributed by atoms with Crippen molar-refractivity contribution in [2.45, 2.75) is 19.1 Å². The first kappa shape index (κ1) is 16.2. The minimum absolute atomic E-state index is 0.105. The Balaban J connectivity index is 1.51. The second-order valence-corrected chi connectivity index (χ2v) is 6.34. The van der Waals surface area contributed by atoms with Gasteiger partial charge < -0.3 is 15.4 Å². The highest BCUT2D eigenvalue weighted by atomic mass is 79.9. The molecule has 7 heteroatoms. The molecular formula is C16H19BrN4O2. The summed E-state index contributed by atoms with van der Waals surface area (Å²) < 4.78 is 8.31. The van der Waals surface area contributed by atoms with Crippen molar-refractivity contribution in [3.8, 4) is 0 Å². The van der Waals surface area contributed by atoms with E-state index in [0.29, 0.717) is 13.2 Å². The number of hydrogen-bond acceptors (Lipinski definition) is 4. The molecule has 1 aromatic heterocycles. The molecule has 1 aliphatic rings. The van der Waals surface area contributed by atoms with E-state index in [1.165, 1.54) is 5.56 Å². The molecule has 1 atom stereocenters. The van der Waals surface area contributed by atoms with Crippen molar-refractivity contribution in [2.75, 3.05) is 25.0 Å². The van der Waals surface area contributed by atoms with E-state index < -0.39 is 6.10 Å². The first-order valence-electron chi connectivity index (χ1n) is 7.61. The average Bonchev–Trinajstić information content (AvgIpc) is 3.00. The lowest BCUT2D eigenvalue weighted by atomic mass is 10.1. The van der Waals surface area contributed by atoms with Crippen molar-refractivity contribution in [1.82, 2.24) is 15.1 Å². The fourth-order valence-corrected chi connectivity index (χ4v) is 2.74. The standard InChI is InChI=1S/C16H19BrN4O2/c17-13-9-19-21(11-13)7-5-12-1-3-14(4-2-12)20-16(22)15-10-18-6-8-23-15/h1-4,9,11,15,18H,5-8,10H2,(H,20,22). The number of morpholine rings is 1. The minimum atomic E-state index is -0.415. The van der Waals surface area contributed by atoms with Crippen molar-refractivity contribution in [3.05, 3.63) is 46.7 Å². The molecule has 2 heterocycles. The SMILES string of the molecule is O=C(Nc1ccc(CCn2cc(Br)cn2)cc1)C1CNCCO1. The van der Waals surface area contributed by atoms with E-state index in [1.807, 2.05) is 35.1 Å². The van der Waals surface area contributed by atoms with Crippen LogP contribution < -0.4 is 10.6 Å². The summed E-state index contributed by atoms with van der Waals surface area (Å²) in [6, 6.07) is 7.88. The summed E-state index contributed by atoms with van der Waals surface area (Å²) in [5.41, 5.74) is 1.99. The van der Waals surface area contributed by atoms with Crippen LogP contribution in [0.5, 0.6) is 0 Å². The Labute approximate surface area is 143 Å². The van der Waals surface area contributed by atoms with Crippen LogP contribution in [-0.2, 0) is 22.5 Å². The van der Waals surface area contributed by atoms with Crippen LogP contribution in [0, 0.1) is 0 Å². The topological polar surface area (TPSA) is 68.2 Å². The average molecular weight is 379 g/mol. The number of anilines is 1. The zero-order chi connectivity index (χ0) is 16.1. The molecule has 1 fully saturated rings. The fraction of sp³-hybridized carbons (Fsp3) is 0.375. The molecule has 0 bridgehead atoms. The molecule has 23 heavy (non-hydrogen) atoms. The molecule has 0 radical (unpaired) electrons. The number of rotatable bonds is 5. The molecule has 0 saturated carbocycles. The zero-order valence-electron chi connectivity index (χ0n) is 12.7. The number of carbonyl (C=O) groups excluding carboxylic acids is 1. The van der Waals surface area contributed by atoms with Crippen LogP contribution in [0.4, 0.5) is 5.69 Å². The second kappa shape index (κ2) is 7.72. The number of nitrogens with zero attached hydrogens (tertiary/aromatic N) is 2. The van der Waals surface area contributed by atoms with Crippen LogP contribution >= 0.6 is 15.9 Å². The molecular weight excluding hydrogens is 360 g/mol. The summed E-state index contributed by atoms with van der Waals surface area (Å²) in [6.45, 7) is 2.74. The maximum absolute atomic E-state index is 12.1. The summed E-state index contributed by atoms with van der Waals surface area (Å²) in [6.07, 6.45) is 4.20. The second-order valence-electron chi connectivity index (χ2n) is 5.42. The number of hydrogen-bond donors (Lipinski definition) is 2. The van der Waals surface area contributed by atoms with Gasteiger partial charge in [-0.15, -0.1) is 0 Å². The number of ether oxygens (including phenoxy) is 1. The van der Waals surface area contributed by atoms with Gasteiger partial charge >= 0.3 is 0 Å². The highest BCUT2D eigenvalue weighted by molar-refractivity contribution is 9.10. The van der Waals surface area contributed by atoms with Gasteiger partial charge in [0.1, 0.15) is 6.10 Å². The van der Waals surface area contributed by atoms with E-state index in [0.717, 1.165) is 29.7 Å². The molecule has 0 spiro atoms. The molecule has 1 saturated heterocycles. The number of nitrogens with one attached hydrogen (secondary N) is 2. The van der Waals surface area contributed by atoms with Gasteiger partial charge in [0.05, 0.1) is 17.3 Å². The monoisotopic (exact) mass is 378 g/mol. The first-order chi connectivity index (χ1) is 11.2. The first-order valence-corrected chi connectivity index (χ1v) is 8.40. The highest BCUT2D eigenvalue weighted by Crippen LogP contribution is 2.13. The van der Waals surface area contributed by atoms with E-state index in [9.17, 15) is 4.79 Å². The van der Waals surface area contributed by atoms with E-state index in [4.69, 9.17) is 4.74 Å². The Bertz CT molecular complexity index is 650. The number of aromatic nitrogens is 2. The van der Waals surface area contributed by atoms with Crippen molar-refractivity contribution in [3.63, 3.8) is 0 Å². The summed E-state index contributed by atoms with van der Waals surface area (Å²) in [4.78, 5) is 12.1. The number of amides is 1. The van der Waals surface area contributed by atoms with Crippen LogP contribution in [0.3, 0.4) is 0 Å². The number of benzene rings is 1. The molecule has 0 aliphatic carbocycles. The third-order valence-corrected chi connectivity index (χ3v) is 4.08. The largest absolute Gasteiger partial charge is 0.366 e. The zero-order valence-corrected chi connectivity index (χ0v) is 14.3. The molecule has 3 rings (SSSR count). The smallest absolute Gasteiger partial charge is 0.254 e. The predicted octanol–water partition coefficient (Wildman–Crippen LogP) is 1.82. The Hall–Kier alpha value is -1.70. The minimum Gasteiger partial charge on any atom is -0.366 e. The van der Waals surface area contributed by atoms with E-state index in [1.54, 1.807) is 6.20 Å². The Morgan fingerprint density at radius 2 is 2.26 bits per heavy atom. The van der Waals surface area contributed by atoms with Crippen molar-refractivity contribution < 1.29 is 9.53 Å². The normalized spacial score (nSPS) is 17.9. The lowest BCUT2D eigenvalue weighted by Gasteiger charge is -2.22. The Morgan fingerprint density at radius 1 is 1.43 bits per heavy atom. The van der Waals surface area contributed by atoms with Crippen LogP contribution in [0.1, 0.15) is 5.56 Å². The van der Waals surface area contributed by atoms with Crippen molar-refractivity contribution in [1.29, 1.82) is 0 Å². The molecule has 2 N–H and O–H groups in total. The van der Waals surface area contributed by atoms with Crippen LogP contribution in [0.2, 0.25) is 0 Å². The van der Waals surface area contributed by atoms with E-state index in [2.05, 4.69) is 31.7 Å².